The van der Waals surface area contributed by atoms with Crippen molar-refractivity contribution in [1.29, 1.82) is 0 Å². The highest BCUT2D eigenvalue weighted by Gasteiger charge is 2.15. The number of unbranched alkanes of at least 4 members (excludes halogenated alkanes) is 1. The number of nitrogens with two attached hydrogens (primary N) is 1. The van der Waals surface area contributed by atoms with E-state index in [1.807, 2.05) is 6.92 Å². The number of nitrogen functional groups attached to an aromatic ring is 1. The van der Waals surface area contributed by atoms with Crippen LogP contribution in [0.15, 0.2) is 6.20 Å². The summed E-state index contributed by atoms with van der Waals surface area (Å²) in [6.45, 7) is 2.72. The standard InChI is InChI=1S/C7H12N4O2/c1-2-3-4-10-5-6(11(12)13)7(8)9-10/h5H,2-4H2,1H3,(H2,8,9). The molecule has 0 saturated heterocycles. The summed E-state index contributed by atoms with van der Waals surface area (Å²) < 4.78 is 1.51. The van der Waals surface area contributed by atoms with E-state index in [0.717, 1.165) is 12.8 Å². The maximum absolute atomic E-state index is 10.4. The fourth-order valence-corrected chi connectivity index (χ4v) is 1.00. The van der Waals surface area contributed by atoms with Crippen LogP contribution in [0.1, 0.15) is 19.8 Å². The van der Waals surface area contributed by atoms with E-state index < -0.39 is 4.92 Å². The smallest absolute Gasteiger partial charge is 0.330 e. The lowest BCUT2D eigenvalue weighted by atomic mass is 10.3. The molecule has 0 bridgehead atoms. The van der Waals surface area contributed by atoms with Crippen molar-refractivity contribution >= 4 is 11.5 Å². The molecule has 0 aromatic carbocycles. The Kier molecular flexibility index (Phi) is 2.84. The van der Waals surface area contributed by atoms with Gasteiger partial charge in [0.05, 0.1) is 4.92 Å². The van der Waals surface area contributed by atoms with Crippen molar-refractivity contribution in [3.05, 3.63) is 16.3 Å². The summed E-state index contributed by atoms with van der Waals surface area (Å²) in [7, 11) is 0. The number of hydrogen-bond acceptors (Lipinski definition) is 4. The molecule has 72 valence electrons. The molecule has 0 saturated carbocycles. The maximum atomic E-state index is 10.4. The molecule has 6 heteroatoms. The quantitative estimate of drug-likeness (QED) is 0.562. The zero-order valence-electron chi connectivity index (χ0n) is 7.43. The molecule has 1 aromatic rings. The van der Waals surface area contributed by atoms with Crippen LogP contribution < -0.4 is 5.73 Å². The Morgan fingerprint density at radius 3 is 2.92 bits per heavy atom. The fraction of sp³-hybridized carbons (Fsp3) is 0.571. The van der Waals surface area contributed by atoms with Gasteiger partial charge >= 0.3 is 5.69 Å². The van der Waals surface area contributed by atoms with Crippen LogP contribution in [0.3, 0.4) is 0 Å². The third kappa shape index (κ3) is 2.17. The molecule has 0 fully saturated rings. The number of rotatable bonds is 4. The van der Waals surface area contributed by atoms with Gasteiger partial charge in [0.25, 0.3) is 0 Å². The summed E-state index contributed by atoms with van der Waals surface area (Å²) in [4.78, 5) is 9.86. The van der Waals surface area contributed by atoms with Gasteiger partial charge in [0, 0.05) is 6.54 Å². The summed E-state index contributed by atoms with van der Waals surface area (Å²) in [5.41, 5.74) is 5.23. The number of nitro groups is 1. The van der Waals surface area contributed by atoms with E-state index in [2.05, 4.69) is 5.10 Å². The van der Waals surface area contributed by atoms with E-state index in [4.69, 9.17) is 5.73 Å². The minimum atomic E-state index is -0.523. The third-order valence-corrected chi connectivity index (χ3v) is 1.71. The molecule has 2 N–H and O–H groups in total. The predicted molar refractivity (Wildman–Crippen MR) is 48.2 cm³/mol. The van der Waals surface area contributed by atoms with Gasteiger partial charge in [0.15, 0.2) is 0 Å². The largest absolute Gasteiger partial charge is 0.376 e. The molecule has 13 heavy (non-hydrogen) atoms. The molecular weight excluding hydrogens is 172 g/mol. The molecule has 0 amide bonds. The van der Waals surface area contributed by atoms with Gasteiger partial charge in [-0.25, -0.2) is 0 Å². The lowest BCUT2D eigenvalue weighted by Gasteiger charge is -1.95. The van der Waals surface area contributed by atoms with Crippen LogP contribution in [0.4, 0.5) is 11.5 Å². The highest BCUT2D eigenvalue weighted by atomic mass is 16.6. The van der Waals surface area contributed by atoms with Crippen molar-refractivity contribution in [2.24, 2.45) is 0 Å². The van der Waals surface area contributed by atoms with Gasteiger partial charge in [-0.15, -0.1) is 5.10 Å². The fourth-order valence-electron chi connectivity index (χ4n) is 1.00. The van der Waals surface area contributed by atoms with E-state index in [1.54, 1.807) is 0 Å². The summed E-state index contributed by atoms with van der Waals surface area (Å²) in [5.74, 6) is -0.0129. The first kappa shape index (κ1) is 9.50. The zero-order valence-corrected chi connectivity index (χ0v) is 7.43. The summed E-state index contributed by atoms with van der Waals surface area (Å²) in [6, 6.07) is 0. The van der Waals surface area contributed by atoms with Gasteiger partial charge in [-0.1, -0.05) is 13.3 Å². The summed E-state index contributed by atoms with van der Waals surface area (Å²) in [6.07, 6.45) is 3.33. The Balaban J connectivity index is 2.76. The molecule has 0 radical (unpaired) electrons. The van der Waals surface area contributed by atoms with Gasteiger partial charge in [0.2, 0.25) is 5.82 Å². The molecule has 0 aliphatic carbocycles. The van der Waals surface area contributed by atoms with Crippen LogP contribution in [0.25, 0.3) is 0 Å². The number of anilines is 1. The summed E-state index contributed by atoms with van der Waals surface area (Å²) >= 11 is 0. The minimum absolute atomic E-state index is 0.0129. The Morgan fingerprint density at radius 1 is 1.77 bits per heavy atom. The van der Waals surface area contributed by atoms with Crippen LogP contribution in [0, 0.1) is 10.1 Å². The van der Waals surface area contributed by atoms with Gasteiger partial charge < -0.3 is 5.73 Å². The van der Waals surface area contributed by atoms with Crippen LogP contribution in [-0.2, 0) is 6.54 Å². The lowest BCUT2D eigenvalue weighted by Crippen LogP contribution is -1.98. The van der Waals surface area contributed by atoms with E-state index in [-0.39, 0.29) is 11.5 Å². The Bertz CT molecular complexity index is 307. The van der Waals surface area contributed by atoms with Crippen LogP contribution >= 0.6 is 0 Å². The summed E-state index contributed by atoms with van der Waals surface area (Å²) in [5, 5.41) is 14.2. The Hall–Kier alpha value is -1.59. The average Bonchev–Trinajstić information content (AvgIpc) is 2.43. The van der Waals surface area contributed by atoms with Gasteiger partial charge in [-0.2, -0.15) is 0 Å². The topological polar surface area (TPSA) is 87.0 Å². The second kappa shape index (κ2) is 3.88. The molecule has 0 unspecified atom stereocenters. The molecule has 1 rings (SSSR count). The maximum Gasteiger partial charge on any atom is 0.330 e. The Morgan fingerprint density at radius 2 is 2.46 bits per heavy atom. The first-order valence-electron chi connectivity index (χ1n) is 4.12. The van der Waals surface area contributed by atoms with Crippen LogP contribution in [0.2, 0.25) is 0 Å². The van der Waals surface area contributed by atoms with Gasteiger partial charge in [-0.3, -0.25) is 14.8 Å². The van der Waals surface area contributed by atoms with E-state index in [9.17, 15) is 10.1 Å². The molecule has 6 nitrogen and oxygen atoms in total. The monoisotopic (exact) mass is 184 g/mol. The van der Waals surface area contributed by atoms with E-state index in [1.165, 1.54) is 10.9 Å². The van der Waals surface area contributed by atoms with Crippen molar-refractivity contribution in [3.8, 4) is 0 Å². The lowest BCUT2D eigenvalue weighted by molar-refractivity contribution is -0.384. The molecule has 0 aliphatic rings. The predicted octanol–water partition coefficient (Wildman–Crippen LogP) is 1.17. The molecule has 1 heterocycles. The van der Waals surface area contributed by atoms with Crippen molar-refractivity contribution in [2.45, 2.75) is 26.3 Å². The highest BCUT2D eigenvalue weighted by molar-refractivity contribution is 5.50. The zero-order chi connectivity index (χ0) is 9.84. The van der Waals surface area contributed by atoms with Crippen LogP contribution in [-0.4, -0.2) is 14.7 Å². The minimum Gasteiger partial charge on any atom is -0.376 e. The van der Waals surface area contributed by atoms with Crippen molar-refractivity contribution in [3.63, 3.8) is 0 Å². The molecule has 1 aromatic heterocycles. The van der Waals surface area contributed by atoms with Crippen LogP contribution in [0.5, 0.6) is 0 Å². The van der Waals surface area contributed by atoms with Crippen molar-refractivity contribution in [2.75, 3.05) is 5.73 Å². The van der Waals surface area contributed by atoms with E-state index in [0.29, 0.717) is 6.54 Å². The normalized spacial score (nSPS) is 10.2. The highest BCUT2D eigenvalue weighted by Crippen LogP contribution is 2.18. The average molecular weight is 184 g/mol. The molecular formula is C7H12N4O2. The van der Waals surface area contributed by atoms with E-state index >= 15 is 0 Å². The number of aryl methyl sites for hydroxylation is 1. The molecule has 0 atom stereocenters. The van der Waals surface area contributed by atoms with Gasteiger partial charge in [-0.05, 0) is 6.42 Å². The molecule has 0 aliphatic heterocycles. The third-order valence-electron chi connectivity index (χ3n) is 1.71. The number of hydrogen-bond donors (Lipinski definition) is 1. The first-order chi connectivity index (χ1) is 6.15. The number of nitrogens with zero attached hydrogens (tertiary/aromatic N) is 3. The SMILES string of the molecule is CCCCn1cc([N+](=O)[O-])c(N)n1. The van der Waals surface area contributed by atoms with Gasteiger partial charge in [0.1, 0.15) is 6.20 Å². The van der Waals surface area contributed by atoms with Crippen molar-refractivity contribution in [1.82, 2.24) is 9.78 Å². The first-order valence-corrected chi connectivity index (χ1v) is 4.12. The van der Waals surface area contributed by atoms with Crippen molar-refractivity contribution < 1.29 is 4.92 Å². The number of aromatic nitrogens is 2. The second-order valence-electron chi connectivity index (χ2n) is 2.77. The second-order valence-corrected chi connectivity index (χ2v) is 2.77. The Labute approximate surface area is 75.5 Å². The molecule has 0 spiro atoms.